The van der Waals surface area contributed by atoms with Gasteiger partial charge in [0.1, 0.15) is 6.04 Å². The van der Waals surface area contributed by atoms with Gasteiger partial charge in [-0.2, -0.15) is 0 Å². The summed E-state index contributed by atoms with van der Waals surface area (Å²) < 4.78 is 0. The van der Waals surface area contributed by atoms with Crippen molar-refractivity contribution < 1.29 is 9.90 Å². The van der Waals surface area contributed by atoms with Gasteiger partial charge in [0.05, 0.1) is 0 Å². The van der Waals surface area contributed by atoms with E-state index in [2.05, 4.69) is 18.7 Å². The van der Waals surface area contributed by atoms with Gasteiger partial charge < -0.3 is 5.11 Å². The summed E-state index contributed by atoms with van der Waals surface area (Å²) in [6, 6.07) is -0.278. The van der Waals surface area contributed by atoms with Crippen LogP contribution in [-0.2, 0) is 4.79 Å². The highest BCUT2D eigenvalue weighted by Crippen LogP contribution is 2.23. The Morgan fingerprint density at radius 1 is 1.43 bits per heavy atom. The van der Waals surface area contributed by atoms with E-state index in [0.29, 0.717) is 18.3 Å². The Kier molecular flexibility index (Phi) is 3.93. The van der Waals surface area contributed by atoms with Crippen LogP contribution in [0.3, 0.4) is 0 Å². The molecule has 0 aliphatic carbocycles. The van der Waals surface area contributed by atoms with Gasteiger partial charge >= 0.3 is 5.97 Å². The second-order valence-electron chi connectivity index (χ2n) is 4.66. The van der Waals surface area contributed by atoms with Gasteiger partial charge in [-0.15, -0.1) is 0 Å². The quantitative estimate of drug-likeness (QED) is 0.754. The summed E-state index contributed by atoms with van der Waals surface area (Å²) in [5.74, 6) is 0.591. The molecule has 0 aromatic rings. The molecule has 0 aromatic heterocycles. The van der Waals surface area contributed by atoms with Crippen LogP contribution in [0.2, 0.25) is 0 Å². The maximum Gasteiger partial charge on any atom is 0.320 e. The SMILES string of the molecule is CC[C@H](C(=O)O)N1C[C@H](C)C[C@@H](C)C1. The van der Waals surface area contributed by atoms with E-state index in [4.69, 9.17) is 5.11 Å². The number of carboxylic acids is 1. The molecule has 0 amide bonds. The molecule has 1 aliphatic heterocycles. The van der Waals surface area contributed by atoms with Crippen LogP contribution in [0, 0.1) is 11.8 Å². The summed E-state index contributed by atoms with van der Waals surface area (Å²) in [6.07, 6.45) is 1.93. The second kappa shape index (κ2) is 4.78. The van der Waals surface area contributed by atoms with Gasteiger partial charge in [-0.05, 0) is 24.7 Å². The van der Waals surface area contributed by atoms with Crippen LogP contribution in [0.1, 0.15) is 33.6 Å². The molecular formula is C11H21NO2. The molecule has 1 heterocycles. The van der Waals surface area contributed by atoms with E-state index < -0.39 is 5.97 Å². The first kappa shape index (κ1) is 11.5. The van der Waals surface area contributed by atoms with Crippen molar-refractivity contribution >= 4 is 5.97 Å². The van der Waals surface area contributed by atoms with Crippen molar-refractivity contribution in [2.24, 2.45) is 11.8 Å². The van der Waals surface area contributed by atoms with E-state index in [1.807, 2.05) is 6.92 Å². The molecule has 0 spiro atoms. The second-order valence-corrected chi connectivity index (χ2v) is 4.66. The Morgan fingerprint density at radius 2 is 1.93 bits per heavy atom. The predicted molar refractivity (Wildman–Crippen MR) is 56.2 cm³/mol. The molecule has 3 atom stereocenters. The third-order valence-corrected chi connectivity index (χ3v) is 3.01. The zero-order chi connectivity index (χ0) is 10.7. The topological polar surface area (TPSA) is 40.5 Å². The lowest BCUT2D eigenvalue weighted by atomic mass is 9.90. The van der Waals surface area contributed by atoms with E-state index in [1.54, 1.807) is 0 Å². The van der Waals surface area contributed by atoms with Crippen LogP contribution in [0.25, 0.3) is 0 Å². The Morgan fingerprint density at radius 3 is 2.29 bits per heavy atom. The summed E-state index contributed by atoms with van der Waals surface area (Å²) in [5.41, 5.74) is 0. The van der Waals surface area contributed by atoms with Gasteiger partial charge in [0, 0.05) is 13.1 Å². The number of carboxylic acid groups (broad SMARTS) is 1. The Bertz CT molecular complexity index is 195. The van der Waals surface area contributed by atoms with Gasteiger partial charge in [0.2, 0.25) is 0 Å². The highest BCUT2D eigenvalue weighted by Gasteiger charge is 2.30. The van der Waals surface area contributed by atoms with Crippen LogP contribution in [0.4, 0.5) is 0 Å². The molecule has 82 valence electrons. The fraction of sp³-hybridized carbons (Fsp3) is 0.909. The first-order valence-corrected chi connectivity index (χ1v) is 5.51. The highest BCUT2D eigenvalue weighted by atomic mass is 16.4. The standard InChI is InChI=1S/C11H21NO2/c1-4-10(11(13)14)12-6-8(2)5-9(3)7-12/h8-10H,4-7H2,1-3H3,(H,13,14)/t8-,9-,10-/m1/s1. The van der Waals surface area contributed by atoms with Gasteiger partial charge in [0.15, 0.2) is 0 Å². The zero-order valence-electron chi connectivity index (χ0n) is 9.36. The molecular weight excluding hydrogens is 178 g/mol. The molecule has 14 heavy (non-hydrogen) atoms. The molecule has 0 radical (unpaired) electrons. The fourth-order valence-corrected chi connectivity index (χ4v) is 2.55. The van der Waals surface area contributed by atoms with Crippen molar-refractivity contribution in [2.75, 3.05) is 13.1 Å². The third-order valence-electron chi connectivity index (χ3n) is 3.01. The van der Waals surface area contributed by atoms with Crippen molar-refractivity contribution in [1.82, 2.24) is 4.90 Å². The summed E-state index contributed by atoms with van der Waals surface area (Å²) in [7, 11) is 0. The van der Waals surface area contributed by atoms with Crippen LogP contribution in [0.15, 0.2) is 0 Å². The minimum atomic E-state index is -0.672. The Balaban J connectivity index is 2.61. The molecule has 3 heteroatoms. The molecule has 1 rings (SSSR count). The van der Waals surface area contributed by atoms with Crippen LogP contribution in [-0.4, -0.2) is 35.1 Å². The van der Waals surface area contributed by atoms with Crippen molar-refractivity contribution in [3.05, 3.63) is 0 Å². The van der Waals surface area contributed by atoms with Crippen LogP contribution < -0.4 is 0 Å². The van der Waals surface area contributed by atoms with Crippen molar-refractivity contribution in [1.29, 1.82) is 0 Å². The number of aliphatic carboxylic acids is 1. The maximum atomic E-state index is 11.0. The minimum Gasteiger partial charge on any atom is -0.480 e. The summed E-state index contributed by atoms with van der Waals surface area (Å²) in [4.78, 5) is 13.1. The fourth-order valence-electron chi connectivity index (χ4n) is 2.55. The van der Waals surface area contributed by atoms with Crippen molar-refractivity contribution in [2.45, 2.75) is 39.7 Å². The number of hydrogen-bond acceptors (Lipinski definition) is 2. The van der Waals surface area contributed by atoms with Crippen LogP contribution in [0.5, 0.6) is 0 Å². The number of hydrogen-bond donors (Lipinski definition) is 1. The molecule has 1 aliphatic rings. The molecule has 0 bridgehead atoms. The lowest BCUT2D eigenvalue weighted by Gasteiger charge is -2.38. The summed E-state index contributed by atoms with van der Waals surface area (Å²) in [5, 5.41) is 9.06. The number of nitrogens with zero attached hydrogens (tertiary/aromatic N) is 1. The number of piperidine rings is 1. The number of carbonyl (C=O) groups is 1. The summed E-state index contributed by atoms with van der Waals surface area (Å²) >= 11 is 0. The molecule has 0 aromatic carbocycles. The molecule has 0 unspecified atom stereocenters. The van der Waals surface area contributed by atoms with Crippen molar-refractivity contribution in [3.63, 3.8) is 0 Å². The molecule has 1 N–H and O–H groups in total. The minimum absolute atomic E-state index is 0.278. The first-order valence-electron chi connectivity index (χ1n) is 5.51. The number of likely N-dealkylation sites (tertiary alicyclic amines) is 1. The van der Waals surface area contributed by atoms with Gasteiger partial charge in [-0.1, -0.05) is 20.8 Å². The molecule has 1 saturated heterocycles. The van der Waals surface area contributed by atoms with Gasteiger partial charge in [-0.3, -0.25) is 9.69 Å². The first-order chi connectivity index (χ1) is 6.54. The lowest BCUT2D eigenvalue weighted by molar-refractivity contribution is -0.144. The lowest BCUT2D eigenvalue weighted by Crippen LogP contribution is -2.48. The average Bonchev–Trinajstić information content (AvgIpc) is 2.02. The van der Waals surface area contributed by atoms with Crippen LogP contribution >= 0.6 is 0 Å². The largest absolute Gasteiger partial charge is 0.480 e. The van der Waals surface area contributed by atoms with E-state index in [1.165, 1.54) is 6.42 Å². The molecule has 3 nitrogen and oxygen atoms in total. The van der Waals surface area contributed by atoms with Gasteiger partial charge in [-0.25, -0.2) is 0 Å². The average molecular weight is 199 g/mol. The predicted octanol–water partition coefficient (Wildman–Crippen LogP) is 1.83. The molecule has 0 saturated carbocycles. The van der Waals surface area contributed by atoms with E-state index in [-0.39, 0.29) is 6.04 Å². The highest BCUT2D eigenvalue weighted by molar-refractivity contribution is 5.73. The molecule has 1 fully saturated rings. The van der Waals surface area contributed by atoms with E-state index in [9.17, 15) is 4.79 Å². The van der Waals surface area contributed by atoms with Gasteiger partial charge in [0.25, 0.3) is 0 Å². The Labute approximate surface area is 86.1 Å². The third kappa shape index (κ3) is 2.71. The monoisotopic (exact) mass is 199 g/mol. The zero-order valence-corrected chi connectivity index (χ0v) is 9.36. The van der Waals surface area contributed by atoms with E-state index in [0.717, 1.165) is 13.1 Å². The smallest absolute Gasteiger partial charge is 0.320 e. The Hall–Kier alpha value is -0.570. The normalized spacial score (nSPS) is 31.4. The van der Waals surface area contributed by atoms with E-state index >= 15 is 0 Å². The maximum absolute atomic E-state index is 11.0. The van der Waals surface area contributed by atoms with Crippen molar-refractivity contribution in [3.8, 4) is 0 Å². The number of rotatable bonds is 3. The summed E-state index contributed by atoms with van der Waals surface area (Å²) in [6.45, 7) is 8.24.